The van der Waals surface area contributed by atoms with Gasteiger partial charge in [0.1, 0.15) is 5.76 Å². The van der Waals surface area contributed by atoms with Crippen LogP contribution in [-0.4, -0.2) is 40.3 Å². The third kappa shape index (κ3) is 3.46. The molecule has 1 aliphatic rings. The maximum Gasteiger partial charge on any atom is 0.225 e. The number of nitrogens with zero attached hydrogens (tertiary/aromatic N) is 2. The lowest BCUT2D eigenvalue weighted by Crippen LogP contribution is -2.48. The second kappa shape index (κ2) is 6.60. The third-order valence-corrected chi connectivity index (χ3v) is 4.63. The highest BCUT2D eigenvalue weighted by Crippen LogP contribution is 2.25. The lowest BCUT2D eigenvalue weighted by atomic mass is 9.91. The zero-order valence-electron chi connectivity index (χ0n) is 13.4. The summed E-state index contributed by atoms with van der Waals surface area (Å²) in [5.41, 5.74) is 1.91. The predicted molar refractivity (Wildman–Crippen MR) is 79.8 cm³/mol. The van der Waals surface area contributed by atoms with Gasteiger partial charge in [-0.1, -0.05) is 12.1 Å². The first-order chi connectivity index (χ1) is 9.93. The molecule has 1 N–H and O–H groups in total. The fraction of sp³-hybridized carbons (Fsp3) is 0.750. The Balaban J connectivity index is 2.04. The van der Waals surface area contributed by atoms with E-state index in [9.17, 15) is 9.90 Å². The summed E-state index contributed by atoms with van der Waals surface area (Å²) in [6.07, 6.45) is 2.63. The van der Waals surface area contributed by atoms with Gasteiger partial charge >= 0.3 is 0 Å². The van der Waals surface area contributed by atoms with Crippen molar-refractivity contribution in [1.82, 2.24) is 10.1 Å². The number of hydrogen-bond acceptors (Lipinski definition) is 4. The molecule has 3 unspecified atom stereocenters. The van der Waals surface area contributed by atoms with Crippen LogP contribution in [0.2, 0.25) is 0 Å². The van der Waals surface area contributed by atoms with Gasteiger partial charge in [-0.15, -0.1) is 0 Å². The topological polar surface area (TPSA) is 66.6 Å². The number of aliphatic hydroxyl groups is 1. The Hall–Kier alpha value is -1.36. The molecular weight excluding hydrogens is 268 g/mol. The molecule has 1 aromatic heterocycles. The maximum atomic E-state index is 12.7. The number of amides is 1. The molecule has 1 aromatic rings. The highest BCUT2D eigenvalue weighted by atomic mass is 16.5. The highest BCUT2D eigenvalue weighted by Gasteiger charge is 2.31. The summed E-state index contributed by atoms with van der Waals surface area (Å²) in [7, 11) is 0. The second-order valence-electron chi connectivity index (χ2n) is 6.37. The summed E-state index contributed by atoms with van der Waals surface area (Å²) < 4.78 is 5.17. The molecule has 0 aromatic carbocycles. The Morgan fingerprint density at radius 2 is 2.19 bits per heavy atom. The quantitative estimate of drug-likeness (QED) is 0.923. The Bertz CT molecular complexity index is 478. The number of carbonyl (C=O) groups is 1. The SMILES string of the molecule is Cc1noc(C)c1CC(C)C(=O)N1CC(CO)CCC1C. The van der Waals surface area contributed by atoms with Crippen molar-refractivity contribution in [2.24, 2.45) is 11.8 Å². The van der Waals surface area contributed by atoms with E-state index in [4.69, 9.17) is 4.52 Å². The van der Waals surface area contributed by atoms with Crippen molar-refractivity contribution in [3.05, 3.63) is 17.0 Å². The fourth-order valence-electron chi connectivity index (χ4n) is 3.11. The normalized spacial score (nSPS) is 24.1. The average molecular weight is 294 g/mol. The fourth-order valence-corrected chi connectivity index (χ4v) is 3.11. The molecule has 5 nitrogen and oxygen atoms in total. The number of likely N-dealkylation sites (tertiary alicyclic amines) is 1. The zero-order chi connectivity index (χ0) is 15.6. The summed E-state index contributed by atoms with van der Waals surface area (Å²) in [4.78, 5) is 14.6. The number of rotatable bonds is 4. The van der Waals surface area contributed by atoms with Gasteiger partial charge in [0.2, 0.25) is 5.91 Å². The standard InChI is InChI=1S/C16H26N2O3/c1-10(7-15-12(3)17-21-13(15)4)16(20)18-8-14(9-19)6-5-11(18)2/h10-11,14,19H,5-9H2,1-4H3. The van der Waals surface area contributed by atoms with E-state index in [1.807, 2.05) is 25.7 Å². The smallest absolute Gasteiger partial charge is 0.225 e. The summed E-state index contributed by atoms with van der Waals surface area (Å²) in [5, 5.41) is 13.3. The molecule has 1 amide bonds. The number of carbonyl (C=O) groups excluding carboxylic acids is 1. The number of piperidine rings is 1. The maximum absolute atomic E-state index is 12.7. The highest BCUT2D eigenvalue weighted by molar-refractivity contribution is 5.79. The summed E-state index contributed by atoms with van der Waals surface area (Å²) in [6.45, 7) is 8.68. The van der Waals surface area contributed by atoms with E-state index in [-0.39, 0.29) is 30.4 Å². The Morgan fingerprint density at radius 1 is 1.48 bits per heavy atom. The van der Waals surface area contributed by atoms with Crippen molar-refractivity contribution in [2.75, 3.05) is 13.2 Å². The monoisotopic (exact) mass is 294 g/mol. The molecule has 0 radical (unpaired) electrons. The predicted octanol–water partition coefficient (Wildman–Crippen LogP) is 2.09. The van der Waals surface area contributed by atoms with Crippen LogP contribution in [0.25, 0.3) is 0 Å². The van der Waals surface area contributed by atoms with Gasteiger partial charge in [0.15, 0.2) is 0 Å². The molecule has 1 aliphatic heterocycles. The van der Waals surface area contributed by atoms with Gasteiger partial charge in [-0.3, -0.25) is 4.79 Å². The Kier molecular flexibility index (Phi) is 5.04. The second-order valence-corrected chi connectivity index (χ2v) is 6.37. The van der Waals surface area contributed by atoms with Crippen molar-refractivity contribution < 1.29 is 14.4 Å². The molecule has 0 aliphatic carbocycles. The Morgan fingerprint density at radius 3 is 2.76 bits per heavy atom. The van der Waals surface area contributed by atoms with Crippen molar-refractivity contribution >= 4 is 5.91 Å². The minimum atomic E-state index is -0.0957. The van der Waals surface area contributed by atoms with Gasteiger partial charge in [0.05, 0.1) is 5.69 Å². The van der Waals surface area contributed by atoms with Gasteiger partial charge in [0, 0.05) is 30.7 Å². The van der Waals surface area contributed by atoms with Gasteiger partial charge in [0.25, 0.3) is 0 Å². The lowest BCUT2D eigenvalue weighted by Gasteiger charge is -2.38. The van der Waals surface area contributed by atoms with Crippen LogP contribution < -0.4 is 0 Å². The molecule has 118 valence electrons. The van der Waals surface area contributed by atoms with E-state index in [2.05, 4.69) is 12.1 Å². The summed E-state index contributed by atoms with van der Waals surface area (Å²) in [5.74, 6) is 1.09. The molecule has 21 heavy (non-hydrogen) atoms. The number of aliphatic hydroxyl groups excluding tert-OH is 1. The van der Waals surface area contributed by atoms with E-state index >= 15 is 0 Å². The molecular formula is C16H26N2O3. The zero-order valence-corrected chi connectivity index (χ0v) is 13.4. The average Bonchev–Trinajstić information content (AvgIpc) is 2.79. The summed E-state index contributed by atoms with van der Waals surface area (Å²) in [6, 6.07) is 0.257. The molecule has 3 atom stereocenters. The van der Waals surface area contributed by atoms with Crippen LogP contribution >= 0.6 is 0 Å². The molecule has 1 fully saturated rings. The molecule has 0 saturated carbocycles. The van der Waals surface area contributed by atoms with Crippen molar-refractivity contribution in [3.8, 4) is 0 Å². The van der Waals surface area contributed by atoms with Gasteiger partial charge in [-0.25, -0.2) is 0 Å². The van der Waals surface area contributed by atoms with Crippen LogP contribution in [0.3, 0.4) is 0 Å². The number of aryl methyl sites for hydroxylation is 2. The van der Waals surface area contributed by atoms with Crippen molar-refractivity contribution in [1.29, 1.82) is 0 Å². The first kappa shape index (κ1) is 16.0. The minimum Gasteiger partial charge on any atom is -0.396 e. The van der Waals surface area contributed by atoms with Crippen LogP contribution in [0.5, 0.6) is 0 Å². The van der Waals surface area contributed by atoms with E-state index in [1.54, 1.807) is 0 Å². The van der Waals surface area contributed by atoms with Gasteiger partial charge < -0.3 is 14.5 Å². The minimum absolute atomic E-state index is 0.0957. The van der Waals surface area contributed by atoms with Crippen LogP contribution in [0, 0.1) is 25.7 Å². The first-order valence-electron chi connectivity index (χ1n) is 7.77. The van der Waals surface area contributed by atoms with Crippen molar-refractivity contribution in [3.63, 3.8) is 0 Å². The van der Waals surface area contributed by atoms with E-state index < -0.39 is 0 Å². The molecule has 1 saturated heterocycles. The first-order valence-corrected chi connectivity index (χ1v) is 7.77. The Labute approximate surface area is 126 Å². The number of hydrogen-bond donors (Lipinski definition) is 1. The van der Waals surface area contributed by atoms with Crippen LogP contribution in [-0.2, 0) is 11.2 Å². The van der Waals surface area contributed by atoms with Crippen LogP contribution in [0.4, 0.5) is 0 Å². The van der Waals surface area contributed by atoms with E-state index in [0.29, 0.717) is 13.0 Å². The largest absolute Gasteiger partial charge is 0.396 e. The molecule has 0 bridgehead atoms. The lowest BCUT2D eigenvalue weighted by molar-refractivity contribution is -0.139. The molecule has 5 heteroatoms. The van der Waals surface area contributed by atoms with Gasteiger partial charge in [-0.05, 0) is 46.0 Å². The molecule has 0 spiro atoms. The third-order valence-electron chi connectivity index (χ3n) is 4.63. The van der Waals surface area contributed by atoms with Crippen LogP contribution in [0.15, 0.2) is 4.52 Å². The van der Waals surface area contributed by atoms with Crippen molar-refractivity contribution in [2.45, 2.75) is 53.0 Å². The number of aromatic nitrogens is 1. The van der Waals surface area contributed by atoms with Gasteiger partial charge in [-0.2, -0.15) is 0 Å². The van der Waals surface area contributed by atoms with E-state index in [1.165, 1.54) is 0 Å². The summed E-state index contributed by atoms with van der Waals surface area (Å²) >= 11 is 0. The van der Waals surface area contributed by atoms with E-state index in [0.717, 1.165) is 29.9 Å². The van der Waals surface area contributed by atoms with Crippen LogP contribution in [0.1, 0.15) is 43.7 Å². The molecule has 2 rings (SSSR count). The molecule has 2 heterocycles.